The van der Waals surface area contributed by atoms with Crippen molar-refractivity contribution < 1.29 is 28.8 Å². The Balaban J connectivity index is 1.44. The third kappa shape index (κ3) is 3.26. The summed E-state index contributed by atoms with van der Waals surface area (Å²) in [4.78, 5) is 76.9. The Labute approximate surface area is 211 Å². The smallest absolute Gasteiger partial charge is 0.239 e. The van der Waals surface area contributed by atoms with Crippen molar-refractivity contribution in [2.24, 2.45) is 33.5 Å². The van der Waals surface area contributed by atoms with Crippen molar-refractivity contribution in [2.45, 2.75) is 67.2 Å². The monoisotopic (exact) mass is 494 g/mol. The Kier molecular flexibility index (Phi) is 5.89. The van der Waals surface area contributed by atoms with Gasteiger partial charge in [0.2, 0.25) is 34.9 Å². The number of hydrogen-bond acceptors (Lipinski definition) is 6. The maximum absolute atomic E-state index is 13.3. The number of anilines is 2. The number of benzene rings is 1. The molecule has 0 aliphatic heterocycles. The minimum Gasteiger partial charge on any atom is -0.325 e. The summed E-state index contributed by atoms with van der Waals surface area (Å²) in [7, 11) is 0. The molecule has 0 spiro atoms. The zero-order valence-corrected chi connectivity index (χ0v) is 21.7. The Bertz CT molecular complexity index is 1200. The molecule has 3 aliphatic rings. The van der Waals surface area contributed by atoms with Crippen LogP contribution in [0.5, 0.6) is 0 Å². The molecular weight excluding hydrogens is 460 g/mol. The van der Waals surface area contributed by atoms with Crippen LogP contribution < -0.4 is 10.6 Å². The van der Waals surface area contributed by atoms with Crippen molar-refractivity contribution in [3.63, 3.8) is 0 Å². The molecule has 2 N–H and O–H groups in total. The summed E-state index contributed by atoms with van der Waals surface area (Å²) in [6, 6.07) is 6.31. The van der Waals surface area contributed by atoms with Crippen LogP contribution in [0, 0.1) is 33.5 Å². The van der Waals surface area contributed by atoms with Gasteiger partial charge in [0.15, 0.2) is 0 Å². The highest BCUT2D eigenvalue weighted by Crippen LogP contribution is 2.69. The lowest BCUT2D eigenvalue weighted by molar-refractivity contribution is -0.152. The first-order chi connectivity index (χ1) is 16.6. The minimum atomic E-state index is -1.40. The molecule has 2 bridgehead atoms. The first-order valence-corrected chi connectivity index (χ1v) is 12.5. The molecule has 3 saturated carbocycles. The highest BCUT2D eigenvalue weighted by atomic mass is 16.2. The molecular formula is C28H34N2O6. The van der Waals surface area contributed by atoms with Crippen LogP contribution in [-0.4, -0.2) is 34.9 Å². The largest absolute Gasteiger partial charge is 0.325 e. The quantitative estimate of drug-likeness (QED) is 0.474. The van der Waals surface area contributed by atoms with Gasteiger partial charge in [-0.05, 0) is 61.3 Å². The molecule has 0 unspecified atom stereocenters. The van der Waals surface area contributed by atoms with Crippen LogP contribution in [0.15, 0.2) is 24.3 Å². The van der Waals surface area contributed by atoms with Gasteiger partial charge >= 0.3 is 0 Å². The Morgan fingerprint density at radius 3 is 1.86 bits per heavy atom. The number of fused-ring (bicyclic) bond motifs is 2. The summed E-state index contributed by atoms with van der Waals surface area (Å²) in [5, 5.41) is 5.47. The first kappa shape index (κ1) is 25.9. The lowest BCUT2D eigenvalue weighted by Crippen LogP contribution is -2.48. The Morgan fingerprint density at radius 1 is 0.806 bits per heavy atom. The van der Waals surface area contributed by atoms with Gasteiger partial charge in [-0.1, -0.05) is 41.5 Å². The van der Waals surface area contributed by atoms with Crippen molar-refractivity contribution >= 4 is 46.3 Å². The average Bonchev–Trinajstić information content (AvgIpc) is 3.09. The van der Waals surface area contributed by atoms with E-state index in [0.717, 1.165) is 0 Å². The molecule has 1 aromatic carbocycles. The molecule has 192 valence electrons. The average molecular weight is 495 g/mol. The van der Waals surface area contributed by atoms with Crippen molar-refractivity contribution in [2.75, 3.05) is 10.6 Å². The van der Waals surface area contributed by atoms with Crippen LogP contribution in [-0.2, 0) is 28.8 Å². The number of hydrogen-bond donors (Lipinski definition) is 2. The van der Waals surface area contributed by atoms with Gasteiger partial charge in [0.05, 0.1) is 0 Å². The van der Waals surface area contributed by atoms with E-state index in [1.165, 1.54) is 0 Å². The highest BCUT2D eigenvalue weighted by Gasteiger charge is 2.77. The molecule has 0 heterocycles. The third-order valence-corrected chi connectivity index (χ3v) is 9.94. The van der Waals surface area contributed by atoms with Crippen LogP contribution in [0.2, 0.25) is 0 Å². The van der Waals surface area contributed by atoms with E-state index in [-0.39, 0.29) is 5.92 Å². The van der Waals surface area contributed by atoms with E-state index < -0.39 is 62.5 Å². The normalized spacial score (nSPS) is 33.2. The van der Waals surface area contributed by atoms with E-state index in [4.69, 9.17) is 0 Å². The van der Waals surface area contributed by atoms with Crippen LogP contribution in [0.3, 0.4) is 0 Å². The molecule has 8 heteroatoms. The lowest BCUT2D eigenvalue weighted by atomic mass is 9.64. The summed E-state index contributed by atoms with van der Waals surface area (Å²) in [6.45, 7) is 11.0. The number of carbonyl (C=O) groups excluding carboxylic acids is 6. The molecule has 1 aromatic rings. The molecule has 0 saturated heterocycles. The summed E-state index contributed by atoms with van der Waals surface area (Å²) in [5.41, 5.74) is -2.97. The number of amides is 2. The van der Waals surface area contributed by atoms with Gasteiger partial charge in [0, 0.05) is 22.2 Å². The van der Waals surface area contributed by atoms with Gasteiger partial charge < -0.3 is 10.6 Å². The fourth-order valence-electron chi connectivity index (χ4n) is 6.31. The summed E-state index contributed by atoms with van der Waals surface area (Å²) < 4.78 is 0. The van der Waals surface area contributed by atoms with E-state index in [1.54, 1.807) is 38.1 Å². The van der Waals surface area contributed by atoms with Gasteiger partial charge in [-0.2, -0.15) is 0 Å². The van der Waals surface area contributed by atoms with Crippen molar-refractivity contribution in [3.8, 4) is 0 Å². The predicted molar refractivity (Wildman–Crippen MR) is 133 cm³/mol. The molecule has 4 rings (SSSR count). The molecule has 0 aromatic heterocycles. The standard InChI is InChI=1S/C28H34N2O6/c1-15(2)26(5)12-11-18(19(31)20(26)32)23(35)29-16-7-9-17(10-8-16)30-24(36)28-14-13-27(6,25(28,3)4)21(33)22(28)34/h7-10,15,18H,11-14H2,1-6H3,(H,29,35)(H,30,36)/t18-,26+,27-,28+/m0/s1. The van der Waals surface area contributed by atoms with E-state index in [0.29, 0.717) is 37.1 Å². The van der Waals surface area contributed by atoms with Crippen LogP contribution in [0.4, 0.5) is 11.4 Å². The molecule has 0 radical (unpaired) electrons. The van der Waals surface area contributed by atoms with Crippen molar-refractivity contribution in [1.82, 2.24) is 0 Å². The van der Waals surface area contributed by atoms with E-state index in [1.807, 2.05) is 27.7 Å². The van der Waals surface area contributed by atoms with Gasteiger partial charge in [0.1, 0.15) is 11.3 Å². The van der Waals surface area contributed by atoms with Gasteiger partial charge in [-0.3, -0.25) is 28.8 Å². The van der Waals surface area contributed by atoms with Crippen molar-refractivity contribution in [3.05, 3.63) is 24.3 Å². The zero-order chi connectivity index (χ0) is 26.8. The number of rotatable bonds is 5. The fourth-order valence-corrected chi connectivity index (χ4v) is 6.31. The summed E-state index contributed by atoms with van der Waals surface area (Å²) in [5.74, 6) is -4.29. The topological polar surface area (TPSA) is 126 Å². The molecule has 2 amide bonds. The number of Topliss-reactive ketones (excluding diaryl/α,β-unsaturated/α-hetero) is 4. The second-order valence-corrected chi connectivity index (χ2v) is 11.9. The van der Waals surface area contributed by atoms with Gasteiger partial charge in [-0.25, -0.2) is 0 Å². The first-order valence-electron chi connectivity index (χ1n) is 12.5. The van der Waals surface area contributed by atoms with Gasteiger partial charge in [-0.15, -0.1) is 0 Å². The number of nitrogens with one attached hydrogen (secondary N) is 2. The molecule has 8 nitrogen and oxygen atoms in total. The van der Waals surface area contributed by atoms with Crippen LogP contribution >= 0.6 is 0 Å². The Hall–Kier alpha value is -3.16. The molecule has 36 heavy (non-hydrogen) atoms. The summed E-state index contributed by atoms with van der Waals surface area (Å²) in [6.07, 6.45) is 1.59. The molecule has 3 fully saturated rings. The van der Waals surface area contributed by atoms with Gasteiger partial charge in [0.25, 0.3) is 0 Å². The number of carbonyl (C=O) groups is 6. The molecule has 4 atom stereocenters. The summed E-state index contributed by atoms with van der Waals surface area (Å²) >= 11 is 0. The maximum atomic E-state index is 13.3. The Morgan fingerprint density at radius 2 is 1.36 bits per heavy atom. The van der Waals surface area contributed by atoms with E-state index in [2.05, 4.69) is 10.6 Å². The molecule has 3 aliphatic carbocycles. The highest BCUT2D eigenvalue weighted by molar-refractivity contribution is 6.49. The van der Waals surface area contributed by atoms with E-state index >= 15 is 0 Å². The predicted octanol–water partition coefficient (Wildman–Crippen LogP) is 3.74. The third-order valence-electron chi connectivity index (χ3n) is 9.94. The zero-order valence-electron chi connectivity index (χ0n) is 21.7. The van der Waals surface area contributed by atoms with Crippen LogP contribution in [0.1, 0.15) is 67.2 Å². The van der Waals surface area contributed by atoms with Crippen LogP contribution in [0.25, 0.3) is 0 Å². The SMILES string of the molecule is CC(C)[C@@]1(C)CC[C@H](C(=O)Nc2ccc(NC(=O)[C@@]34CC[C@@](C)(C(=O)C3=O)C4(C)C)cc2)C(=O)C1=O. The van der Waals surface area contributed by atoms with E-state index in [9.17, 15) is 28.8 Å². The number of ketones is 4. The second-order valence-electron chi connectivity index (χ2n) is 11.9. The fraction of sp³-hybridized carbons (Fsp3) is 0.571. The second kappa shape index (κ2) is 8.18. The minimum absolute atomic E-state index is 0.00135. The maximum Gasteiger partial charge on any atom is 0.239 e. The lowest BCUT2D eigenvalue weighted by Gasteiger charge is -2.37. The van der Waals surface area contributed by atoms with Crippen molar-refractivity contribution in [1.29, 1.82) is 0 Å².